The van der Waals surface area contributed by atoms with Crippen LogP contribution in [0.1, 0.15) is 21.8 Å². The molecule has 29 heavy (non-hydrogen) atoms. The second kappa shape index (κ2) is 7.98. The van der Waals surface area contributed by atoms with Crippen molar-refractivity contribution in [1.29, 1.82) is 0 Å². The van der Waals surface area contributed by atoms with Crippen molar-refractivity contribution >= 4 is 28.5 Å². The molecule has 0 fully saturated rings. The molecule has 0 spiro atoms. The average molecular weight is 386 g/mol. The van der Waals surface area contributed by atoms with Crippen LogP contribution in [0.2, 0.25) is 0 Å². The van der Waals surface area contributed by atoms with E-state index in [1.165, 1.54) is 14.2 Å². The van der Waals surface area contributed by atoms with Crippen LogP contribution in [0.15, 0.2) is 71.4 Å². The number of aromatic nitrogens is 2. The fourth-order valence-corrected chi connectivity index (χ4v) is 2.93. The number of oxazole rings is 1. The number of carbonyl (C=O) groups is 1. The van der Waals surface area contributed by atoms with Gasteiger partial charge in [0.15, 0.2) is 11.4 Å². The van der Waals surface area contributed by atoms with E-state index < -0.39 is 0 Å². The summed E-state index contributed by atoms with van der Waals surface area (Å²) in [7, 11) is 3.08. The minimum atomic E-state index is -0.266. The second-order valence-electron chi connectivity index (χ2n) is 6.26. The number of benzene rings is 2. The van der Waals surface area contributed by atoms with E-state index in [0.717, 1.165) is 5.56 Å². The van der Waals surface area contributed by atoms with Gasteiger partial charge < -0.3 is 13.9 Å². The zero-order valence-electron chi connectivity index (χ0n) is 16.0. The number of rotatable bonds is 6. The Morgan fingerprint density at radius 3 is 2.41 bits per heavy atom. The number of hydrogen-bond donors (Lipinski definition) is 0. The summed E-state index contributed by atoms with van der Waals surface area (Å²) in [5.74, 6) is 1.01. The molecule has 0 aliphatic carbocycles. The number of ketones is 1. The van der Waals surface area contributed by atoms with Gasteiger partial charge in [0.25, 0.3) is 0 Å². The van der Waals surface area contributed by atoms with Gasteiger partial charge in [0.1, 0.15) is 17.0 Å². The van der Waals surface area contributed by atoms with Crippen LogP contribution in [0.5, 0.6) is 11.5 Å². The van der Waals surface area contributed by atoms with Crippen molar-refractivity contribution in [2.24, 2.45) is 0 Å². The van der Waals surface area contributed by atoms with Gasteiger partial charge in [-0.15, -0.1) is 0 Å². The predicted molar refractivity (Wildman–Crippen MR) is 110 cm³/mol. The Hall–Kier alpha value is -3.93. The highest BCUT2D eigenvalue weighted by atomic mass is 16.5. The van der Waals surface area contributed by atoms with Crippen molar-refractivity contribution in [3.05, 3.63) is 84.0 Å². The van der Waals surface area contributed by atoms with Crippen LogP contribution in [0, 0.1) is 0 Å². The Kier molecular flexibility index (Phi) is 5.07. The van der Waals surface area contributed by atoms with Gasteiger partial charge in [0.05, 0.1) is 19.8 Å². The first-order chi connectivity index (χ1) is 14.2. The first-order valence-corrected chi connectivity index (χ1v) is 8.93. The molecule has 6 nitrogen and oxygen atoms in total. The predicted octanol–water partition coefficient (Wildman–Crippen LogP) is 4.66. The average Bonchev–Trinajstić information content (AvgIpc) is 3.21. The van der Waals surface area contributed by atoms with Crippen LogP contribution in [0.25, 0.3) is 22.7 Å². The number of carbonyl (C=O) groups excluding carboxylic acids is 1. The van der Waals surface area contributed by atoms with Crippen LogP contribution >= 0.6 is 0 Å². The molecule has 2 aromatic heterocycles. The second-order valence-corrected chi connectivity index (χ2v) is 6.26. The number of methoxy groups -OCH3 is 2. The molecule has 2 aromatic carbocycles. The number of nitrogens with zero attached hydrogens (tertiary/aromatic N) is 2. The number of pyridine rings is 1. The van der Waals surface area contributed by atoms with Crippen molar-refractivity contribution in [3.8, 4) is 11.5 Å². The van der Waals surface area contributed by atoms with E-state index in [4.69, 9.17) is 13.9 Å². The fraction of sp³-hybridized carbons (Fsp3) is 0.0870. The van der Waals surface area contributed by atoms with Gasteiger partial charge in [0.2, 0.25) is 5.89 Å². The molecule has 144 valence electrons. The van der Waals surface area contributed by atoms with Crippen molar-refractivity contribution < 1.29 is 18.7 Å². The standard InChI is InChI=1S/C23H18N2O4/c1-27-17-11-16(12-18(13-17)28-2)22(26)19(10-15-6-5-9-24-14-15)23-25-20-7-3-4-8-21(20)29-23/h3-14H,1-2H3/b19-10-. The van der Waals surface area contributed by atoms with E-state index in [1.807, 2.05) is 30.3 Å². The Bertz CT molecular complexity index is 1140. The van der Waals surface area contributed by atoms with Crippen LogP contribution < -0.4 is 9.47 Å². The summed E-state index contributed by atoms with van der Waals surface area (Å²) in [5, 5.41) is 0. The summed E-state index contributed by atoms with van der Waals surface area (Å²) in [6.45, 7) is 0. The molecular formula is C23H18N2O4. The van der Waals surface area contributed by atoms with Crippen LogP contribution in [-0.2, 0) is 0 Å². The molecule has 2 heterocycles. The monoisotopic (exact) mass is 386 g/mol. The first-order valence-electron chi connectivity index (χ1n) is 8.93. The molecule has 0 saturated heterocycles. The number of hydrogen-bond acceptors (Lipinski definition) is 6. The number of ether oxygens (including phenoxy) is 2. The third kappa shape index (κ3) is 3.87. The minimum absolute atomic E-state index is 0.238. The molecule has 0 bridgehead atoms. The first kappa shape index (κ1) is 18.4. The molecule has 4 aromatic rings. The summed E-state index contributed by atoms with van der Waals surface area (Å²) < 4.78 is 16.5. The third-order valence-corrected chi connectivity index (χ3v) is 4.38. The van der Waals surface area contributed by atoms with Crippen molar-refractivity contribution in [2.75, 3.05) is 14.2 Å². The van der Waals surface area contributed by atoms with Gasteiger partial charge in [-0.3, -0.25) is 9.78 Å². The normalized spacial score (nSPS) is 11.4. The lowest BCUT2D eigenvalue weighted by molar-refractivity contribution is 0.105. The number of fused-ring (bicyclic) bond motifs is 1. The van der Waals surface area contributed by atoms with E-state index in [1.54, 1.807) is 42.7 Å². The quantitative estimate of drug-likeness (QED) is 0.354. The molecule has 0 amide bonds. The number of para-hydroxylation sites is 2. The Morgan fingerprint density at radius 1 is 1.00 bits per heavy atom. The Morgan fingerprint density at radius 2 is 1.76 bits per heavy atom. The Labute approximate surface area is 167 Å². The van der Waals surface area contributed by atoms with Gasteiger partial charge in [-0.1, -0.05) is 18.2 Å². The van der Waals surface area contributed by atoms with Crippen LogP contribution in [0.3, 0.4) is 0 Å². The van der Waals surface area contributed by atoms with Crippen molar-refractivity contribution in [2.45, 2.75) is 0 Å². The third-order valence-electron chi connectivity index (χ3n) is 4.38. The summed E-state index contributed by atoms with van der Waals surface area (Å²) in [6.07, 6.45) is 5.05. The molecule has 0 unspecified atom stereocenters. The number of Topliss-reactive ketones (excluding diaryl/α,β-unsaturated/α-hetero) is 1. The molecule has 0 radical (unpaired) electrons. The molecular weight excluding hydrogens is 368 g/mol. The molecule has 0 aliphatic rings. The summed E-state index contributed by atoms with van der Waals surface area (Å²) in [5.41, 5.74) is 2.75. The van der Waals surface area contributed by atoms with E-state index in [-0.39, 0.29) is 11.7 Å². The molecule has 0 atom stereocenters. The lowest BCUT2D eigenvalue weighted by Crippen LogP contribution is -2.04. The van der Waals surface area contributed by atoms with Crippen molar-refractivity contribution in [3.63, 3.8) is 0 Å². The molecule has 0 N–H and O–H groups in total. The maximum absolute atomic E-state index is 13.5. The fourth-order valence-electron chi connectivity index (χ4n) is 2.93. The van der Waals surface area contributed by atoms with Crippen molar-refractivity contribution in [1.82, 2.24) is 9.97 Å². The van der Waals surface area contributed by atoms with E-state index >= 15 is 0 Å². The van der Waals surface area contributed by atoms with Gasteiger partial charge in [-0.2, -0.15) is 0 Å². The van der Waals surface area contributed by atoms with E-state index in [2.05, 4.69) is 9.97 Å². The topological polar surface area (TPSA) is 74.5 Å². The molecule has 0 aliphatic heterocycles. The molecule has 4 rings (SSSR count). The smallest absolute Gasteiger partial charge is 0.231 e. The maximum Gasteiger partial charge on any atom is 0.231 e. The summed E-state index contributed by atoms with van der Waals surface area (Å²) >= 11 is 0. The summed E-state index contributed by atoms with van der Waals surface area (Å²) in [4.78, 5) is 22.1. The summed E-state index contributed by atoms with van der Waals surface area (Å²) in [6, 6.07) is 16.1. The number of allylic oxidation sites excluding steroid dienone is 1. The van der Waals surface area contributed by atoms with E-state index in [9.17, 15) is 4.79 Å². The van der Waals surface area contributed by atoms with Crippen LogP contribution in [-0.4, -0.2) is 30.0 Å². The van der Waals surface area contributed by atoms with Crippen LogP contribution in [0.4, 0.5) is 0 Å². The zero-order valence-corrected chi connectivity index (χ0v) is 16.0. The molecule has 6 heteroatoms. The highest BCUT2D eigenvalue weighted by Gasteiger charge is 2.21. The highest BCUT2D eigenvalue weighted by molar-refractivity contribution is 6.31. The zero-order chi connectivity index (χ0) is 20.2. The van der Waals surface area contributed by atoms with Gasteiger partial charge >= 0.3 is 0 Å². The highest BCUT2D eigenvalue weighted by Crippen LogP contribution is 2.29. The minimum Gasteiger partial charge on any atom is -0.497 e. The van der Waals surface area contributed by atoms with Gasteiger partial charge in [-0.25, -0.2) is 4.98 Å². The Balaban J connectivity index is 1.86. The van der Waals surface area contributed by atoms with Gasteiger partial charge in [-0.05, 0) is 42.0 Å². The SMILES string of the molecule is COc1cc(OC)cc(C(=O)/C(=C/c2cccnc2)c2nc3ccccc3o2)c1. The molecule has 0 saturated carbocycles. The lowest BCUT2D eigenvalue weighted by atomic mass is 10.0. The lowest BCUT2D eigenvalue weighted by Gasteiger charge is -2.09. The maximum atomic E-state index is 13.5. The van der Waals surface area contributed by atoms with Gasteiger partial charge in [0, 0.05) is 24.0 Å². The van der Waals surface area contributed by atoms with E-state index in [0.29, 0.717) is 33.7 Å². The largest absolute Gasteiger partial charge is 0.497 e.